The number of aromatic nitrogens is 5. The maximum atomic E-state index is 11.7. The number of aromatic amines is 1. The molecule has 3 heterocycles. The average molecular weight is 377 g/mol. The molecule has 0 saturated carbocycles. The van der Waals surface area contributed by atoms with Crippen LogP contribution in [-0.2, 0) is 18.4 Å². The Morgan fingerprint density at radius 3 is 2.71 bits per heavy atom. The van der Waals surface area contributed by atoms with Gasteiger partial charge in [0.25, 0.3) is 0 Å². The molecule has 144 valence electrons. The zero-order chi connectivity index (χ0) is 20.0. The van der Waals surface area contributed by atoms with Crippen molar-refractivity contribution in [1.82, 2.24) is 29.6 Å². The lowest BCUT2D eigenvalue weighted by Gasteiger charge is -2.16. The molecule has 4 rings (SSSR count). The maximum Gasteiger partial charge on any atom is 0.219 e. The van der Waals surface area contributed by atoms with E-state index in [2.05, 4.69) is 20.1 Å². The molecule has 0 bridgehead atoms. The minimum atomic E-state index is 0.00928. The lowest BCUT2D eigenvalue weighted by molar-refractivity contribution is -0.129. The number of carbonyl (C=O) groups is 1. The average Bonchev–Trinajstić information content (AvgIpc) is 3.22. The quantitative estimate of drug-likeness (QED) is 0.569. The number of nitrogen functional groups attached to an aromatic ring is 1. The molecule has 0 aliphatic carbocycles. The lowest BCUT2D eigenvalue weighted by Crippen LogP contribution is -2.28. The van der Waals surface area contributed by atoms with E-state index < -0.39 is 0 Å². The van der Waals surface area contributed by atoms with Crippen molar-refractivity contribution in [3.8, 4) is 11.3 Å². The molecule has 1 amide bonds. The van der Waals surface area contributed by atoms with Gasteiger partial charge in [-0.15, -0.1) is 0 Å². The molecule has 1 aromatic carbocycles. The van der Waals surface area contributed by atoms with Crippen LogP contribution in [0, 0.1) is 6.92 Å². The Labute approximate surface area is 162 Å². The van der Waals surface area contributed by atoms with Gasteiger partial charge in [-0.25, -0.2) is 9.97 Å². The van der Waals surface area contributed by atoms with Crippen molar-refractivity contribution in [3.05, 3.63) is 35.8 Å². The minimum absolute atomic E-state index is 0.00928. The van der Waals surface area contributed by atoms with E-state index in [1.54, 1.807) is 11.8 Å². The molecule has 0 fully saturated rings. The zero-order valence-electron chi connectivity index (χ0n) is 16.4. The molecule has 0 aliphatic rings. The number of carbonyl (C=O) groups excluding carboxylic acids is 1. The molecule has 0 unspecified atom stereocenters. The van der Waals surface area contributed by atoms with E-state index in [0.29, 0.717) is 30.2 Å². The SMILES string of the molecule is CCN(Cc1nc2c(N)nc3cc(-c4cc(C)nn4C)ccc3c2[nH]1)C(C)=O. The summed E-state index contributed by atoms with van der Waals surface area (Å²) in [5, 5.41) is 5.35. The highest BCUT2D eigenvalue weighted by molar-refractivity contribution is 6.07. The highest BCUT2D eigenvalue weighted by Crippen LogP contribution is 2.30. The fraction of sp³-hybridized carbons (Fsp3) is 0.300. The number of anilines is 1. The third-order valence-electron chi connectivity index (χ3n) is 4.97. The highest BCUT2D eigenvalue weighted by atomic mass is 16.2. The number of hydrogen-bond donors (Lipinski definition) is 2. The van der Waals surface area contributed by atoms with E-state index in [9.17, 15) is 4.79 Å². The number of nitrogens with two attached hydrogens (primary N) is 1. The molecule has 4 aromatic rings. The predicted molar refractivity (Wildman–Crippen MR) is 110 cm³/mol. The fourth-order valence-corrected chi connectivity index (χ4v) is 3.56. The normalized spacial score (nSPS) is 11.4. The molecular formula is C20H23N7O. The summed E-state index contributed by atoms with van der Waals surface area (Å²) < 4.78 is 1.85. The Hall–Kier alpha value is -3.42. The summed E-state index contributed by atoms with van der Waals surface area (Å²) in [4.78, 5) is 25.9. The summed E-state index contributed by atoms with van der Waals surface area (Å²) in [5.74, 6) is 1.07. The molecule has 0 spiro atoms. The molecule has 8 nitrogen and oxygen atoms in total. The second kappa shape index (κ2) is 6.63. The molecule has 3 aromatic heterocycles. The van der Waals surface area contributed by atoms with Crippen LogP contribution in [0.4, 0.5) is 5.82 Å². The van der Waals surface area contributed by atoms with Crippen molar-refractivity contribution >= 4 is 33.7 Å². The monoisotopic (exact) mass is 377 g/mol. The molecule has 28 heavy (non-hydrogen) atoms. The second-order valence-electron chi connectivity index (χ2n) is 6.96. The Morgan fingerprint density at radius 1 is 1.29 bits per heavy atom. The minimum Gasteiger partial charge on any atom is -0.382 e. The molecule has 0 saturated heterocycles. The highest BCUT2D eigenvalue weighted by Gasteiger charge is 2.16. The van der Waals surface area contributed by atoms with Crippen LogP contribution in [0.5, 0.6) is 0 Å². The van der Waals surface area contributed by atoms with Gasteiger partial charge in [-0.2, -0.15) is 5.10 Å². The van der Waals surface area contributed by atoms with Crippen LogP contribution in [0.2, 0.25) is 0 Å². The number of H-pyrrole nitrogens is 1. The van der Waals surface area contributed by atoms with Gasteiger partial charge in [0.15, 0.2) is 5.82 Å². The van der Waals surface area contributed by atoms with Crippen LogP contribution in [0.3, 0.4) is 0 Å². The van der Waals surface area contributed by atoms with Crippen molar-refractivity contribution in [2.24, 2.45) is 7.05 Å². The van der Waals surface area contributed by atoms with Crippen molar-refractivity contribution in [2.45, 2.75) is 27.3 Å². The summed E-state index contributed by atoms with van der Waals surface area (Å²) in [6.07, 6.45) is 0. The standard InChI is InChI=1S/C20H23N7O/c1-5-27(12(3)28)10-17-23-18-14-7-6-13(16-8-11(2)25-26(16)4)9-15(14)22-20(21)19(18)24-17/h6-9H,5,10H2,1-4H3,(H2,21,22)(H,23,24). The number of nitrogens with zero attached hydrogens (tertiary/aromatic N) is 5. The zero-order valence-corrected chi connectivity index (χ0v) is 16.4. The van der Waals surface area contributed by atoms with E-state index in [4.69, 9.17) is 5.73 Å². The third-order valence-corrected chi connectivity index (χ3v) is 4.97. The second-order valence-corrected chi connectivity index (χ2v) is 6.96. The van der Waals surface area contributed by atoms with Crippen LogP contribution < -0.4 is 5.73 Å². The van der Waals surface area contributed by atoms with Crippen LogP contribution in [0.25, 0.3) is 33.2 Å². The van der Waals surface area contributed by atoms with Gasteiger partial charge in [-0.05, 0) is 32.0 Å². The number of hydrogen-bond acceptors (Lipinski definition) is 5. The first-order valence-electron chi connectivity index (χ1n) is 9.21. The number of nitrogens with one attached hydrogen (secondary N) is 1. The van der Waals surface area contributed by atoms with E-state index in [1.165, 1.54) is 0 Å². The first-order valence-corrected chi connectivity index (χ1v) is 9.21. The first-order chi connectivity index (χ1) is 13.4. The van der Waals surface area contributed by atoms with Crippen LogP contribution >= 0.6 is 0 Å². The van der Waals surface area contributed by atoms with Crippen molar-refractivity contribution in [1.29, 1.82) is 0 Å². The van der Waals surface area contributed by atoms with Gasteiger partial charge in [-0.3, -0.25) is 9.48 Å². The first kappa shape index (κ1) is 18.0. The Morgan fingerprint density at radius 2 is 2.07 bits per heavy atom. The van der Waals surface area contributed by atoms with Gasteiger partial charge in [-0.1, -0.05) is 6.07 Å². The van der Waals surface area contributed by atoms with Gasteiger partial charge in [0.2, 0.25) is 5.91 Å². The number of fused-ring (bicyclic) bond motifs is 3. The van der Waals surface area contributed by atoms with Gasteiger partial charge >= 0.3 is 0 Å². The van der Waals surface area contributed by atoms with Crippen LogP contribution in [0.1, 0.15) is 25.4 Å². The number of amides is 1. The molecular weight excluding hydrogens is 354 g/mol. The maximum absolute atomic E-state index is 11.7. The van der Waals surface area contributed by atoms with Gasteiger partial charge in [0.1, 0.15) is 11.3 Å². The molecule has 8 heteroatoms. The molecule has 0 radical (unpaired) electrons. The predicted octanol–water partition coefficient (Wildman–Crippen LogP) is 2.77. The summed E-state index contributed by atoms with van der Waals surface area (Å²) in [6.45, 7) is 6.50. The molecule has 0 atom stereocenters. The lowest BCUT2D eigenvalue weighted by atomic mass is 10.1. The summed E-state index contributed by atoms with van der Waals surface area (Å²) in [7, 11) is 1.92. The number of pyridine rings is 1. The van der Waals surface area contributed by atoms with Gasteiger partial charge in [0, 0.05) is 31.5 Å². The van der Waals surface area contributed by atoms with Crippen LogP contribution in [0.15, 0.2) is 24.3 Å². The van der Waals surface area contributed by atoms with Crippen molar-refractivity contribution in [2.75, 3.05) is 12.3 Å². The summed E-state index contributed by atoms with van der Waals surface area (Å²) in [6, 6.07) is 8.12. The smallest absolute Gasteiger partial charge is 0.219 e. The van der Waals surface area contributed by atoms with E-state index in [-0.39, 0.29) is 5.91 Å². The largest absolute Gasteiger partial charge is 0.382 e. The van der Waals surface area contributed by atoms with E-state index in [0.717, 1.165) is 33.4 Å². The number of imidazole rings is 1. The summed E-state index contributed by atoms with van der Waals surface area (Å²) in [5.41, 5.74) is 11.5. The van der Waals surface area contributed by atoms with Gasteiger partial charge < -0.3 is 15.6 Å². The molecule has 3 N–H and O–H groups in total. The number of rotatable bonds is 4. The molecule has 0 aliphatic heterocycles. The third kappa shape index (κ3) is 2.96. The Bertz CT molecular complexity index is 1200. The van der Waals surface area contributed by atoms with Crippen LogP contribution in [-0.4, -0.2) is 42.1 Å². The van der Waals surface area contributed by atoms with Gasteiger partial charge in [0.05, 0.1) is 29.0 Å². The van der Waals surface area contributed by atoms with E-state index in [1.807, 2.05) is 49.8 Å². The number of aryl methyl sites for hydroxylation is 2. The Kier molecular flexibility index (Phi) is 4.26. The summed E-state index contributed by atoms with van der Waals surface area (Å²) >= 11 is 0. The van der Waals surface area contributed by atoms with Crippen molar-refractivity contribution in [3.63, 3.8) is 0 Å². The number of benzene rings is 1. The Balaban J connectivity index is 1.83. The topological polar surface area (TPSA) is 106 Å². The van der Waals surface area contributed by atoms with E-state index >= 15 is 0 Å². The fourth-order valence-electron chi connectivity index (χ4n) is 3.56. The van der Waals surface area contributed by atoms with Crippen molar-refractivity contribution < 1.29 is 4.79 Å².